The Bertz CT molecular complexity index is 511. The summed E-state index contributed by atoms with van der Waals surface area (Å²) in [6, 6.07) is 1.05. The largest absolute Gasteiger partial charge is 0.480 e. The van der Waals surface area contributed by atoms with Crippen LogP contribution in [0, 0.1) is 5.82 Å². The average molecular weight is 280 g/mol. The molecule has 0 aromatic carbocycles. The number of nitrogens with one attached hydrogen (secondary N) is 1. The molecule has 1 amide bonds. The van der Waals surface area contributed by atoms with Gasteiger partial charge in [-0.1, -0.05) is 25.7 Å². The second-order valence-electron chi connectivity index (χ2n) is 5.15. The number of carboxylic acids is 1. The van der Waals surface area contributed by atoms with Gasteiger partial charge in [0.2, 0.25) is 0 Å². The minimum atomic E-state index is -1.25. The molecule has 6 heteroatoms. The lowest BCUT2D eigenvalue weighted by Gasteiger charge is -2.29. The lowest BCUT2D eigenvalue weighted by molar-refractivity contribution is -0.145. The van der Waals surface area contributed by atoms with Crippen molar-refractivity contribution in [3.05, 3.63) is 29.8 Å². The number of rotatable bonds is 3. The summed E-state index contributed by atoms with van der Waals surface area (Å²) in [6.07, 6.45) is 6.47. The Labute approximate surface area is 116 Å². The van der Waals surface area contributed by atoms with Crippen LogP contribution >= 0.6 is 0 Å². The number of hydrogen-bond acceptors (Lipinski definition) is 3. The third-order valence-electron chi connectivity index (χ3n) is 3.69. The lowest BCUT2D eigenvalue weighted by atomic mass is 9.90. The van der Waals surface area contributed by atoms with Gasteiger partial charge >= 0.3 is 5.97 Å². The number of nitrogens with zero attached hydrogens (tertiary/aromatic N) is 1. The van der Waals surface area contributed by atoms with Gasteiger partial charge in [0.1, 0.15) is 11.4 Å². The monoisotopic (exact) mass is 280 g/mol. The first-order chi connectivity index (χ1) is 9.53. The summed E-state index contributed by atoms with van der Waals surface area (Å²) in [4.78, 5) is 27.3. The Morgan fingerprint density at radius 2 is 1.85 bits per heavy atom. The van der Waals surface area contributed by atoms with Crippen molar-refractivity contribution in [3.8, 4) is 0 Å². The van der Waals surface area contributed by atoms with Gasteiger partial charge < -0.3 is 10.4 Å². The number of pyridine rings is 1. The predicted molar refractivity (Wildman–Crippen MR) is 69.7 cm³/mol. The first-order valence-corrected chi connectivity index (χ1v) is 6.70. The maximum absolute atomic E-state index is 13.1. The van der Waals surface area contributed by atoms with Crippen LogP contribution in [0.15, 0.2) is 18.5 Å². The SMILES string of the molecule is O=C(NC1(C(=O)O)CCCCCC1)c1cncc(F)c1. The van der Waals surface area contributed by atoms with E-state index in [1.54, 1.807) is 0 Å². The Morgan fingerprint density at radius 1 is 1.20 bits per heavy atom. The molecular formula is C14H17FN2O3. The number of amides is 1. The number of carbonyl (C=O) groups is 2. The fourth-order valence-electron chi connectivity index (χ4n) is 2.55. The smallest absolute Gasteiger partial charge is 0.329 e. The zero-order valence-corrected chi connectivity index (χ0v) is 11.1. The first kappa shape index (κ1) is 14.4. The van der Waals surface area contributed by atoms with Gasteiger partial charge in [-0.15, -0.1) is 0 Å². The van der Waals surface area contributed by atoms with Crippen LogP contribution in [0.25, 0.3) is 0 Å². The van der Waals surface area contributed by atoms with Crippen molar-refractivity contribution in [3.63, 3.8) is 0 Å². The number of aromatic nitrogens is 1. The van der Waals surface area contributed by atoms with Gasteiger partial charge in [0.25, 0.3) is 5.91 Å². The minimum absolute atomic E-state index is 0.0369. The highest BCUT2D eigenvalue weighted by molar-refractivity contribution is 5.97. The number of aliphatic carboxylic acids is 1. The number of carbonyl (C=O) groups excluding carboxylic acids is 1. The van der Waals surface area contributed by atoms with Crippen molar-refractivity contribution >= 4 is 11.9 Å². The fraction of sp³-hybridized carbons (Fsp3) is 0.500. The molecule has 0 radical (unpaired) electrons. The molecule has 108 valence electrons. The summed E-state index contributed by atoms with van der Waals surface area (Å²) < 4.78 is 13.1. The van der Waals surface area contributed by atoms with Gasteiger partial charge in [0.05, 0.1) is 11.8 Å². The maximum atomic E-state index is 13.1. The quantitative estimate of drug-likeness (QED) is 0.831. The summed E-state index contributed by atoms with van der Waals surface area (Å²) in [5, 5.41) is 12.0. The van der Waals surface area contributed by atoms with Crippen molar-refractivity contribution in [2.45, 2.75) is 44.1 Å². The first-order valence-electron chi connectivity index (χ1n) is 6.70. The zero-order chi connectivity index (χ0) is 14.6. The molecule has 1 saturated carbocycles. The molecule has 1 aliphatic rings. The van der Waals surface area contributed by atoms with Crippen molar-refractivity contribution in [1.29, 1.82) is 0 Å². The molecule has 0 bridgehead atoms. The molecule has 0 spiro atoms. The minimum Gasteiger partial charge on any atom is -0.480 e. The van der Waals surface area contributed by atoms with Crippen LogP contribution in [0.1, 0.15) is 48.9 Å². The Hall–Kier alpha value is -1.98. The summed E-state index contributed by atoms with van der Waals surface area (Å²) in [7, 11) is 0. The molecular weight excluding hydrogens is 263 g/mol. The lowest BCUT2D eigenvalue weighted by Crippen LogP contribution is -2.54. The molecule has 20 heavy (non-hydrogen) atoms. The summed E-state index contributed by atoms with van der Waals surface area (Å²) in [5.41, 5.74) is -1.21. The summed E-state index contributed by atoms with van der Waals surface area (Å²) in [6.45, 7) is 0. The third kappa shape index (κ3) is 3.12. The second kappa shape index (κ2) is 5.98. The second-order valence-corrected chi connectivity index (χ2v) is 5.15. The molecule has 0 unspecified atom stereocenters. The summed E-state index contributed by atoms with van der Waals surface area (Å²) in [5.74, 6) is -2.25. The predicted octanol–water partition coefficient (Wildman–Crippen LogP) is 2.13. The van der Waals surface area contributed by atoms with Crippen LogP contribution in [0.3, 0.4) is 0 Å². The van der Waals surface area contributed by atoms with Crippen LogP contribution < -0.4 is 5.32 Å². The van der Waals surface area contributed by atoms with E-state index < -0.39 is 23.2 Å². The van der Waals surface area contributed by atoms with Crippen molar-refractivity contribution < 1.29 is 19.1 Å². The molecule has 2 N–H and O–H groups in total. The van der Waals surface area contributed by atoms with Crippen molar-refractivity contribution in [2.24, 2.45) is 0 Å². The average Bonchev–Trinajstić information content (AvgIpc) is 2.65. The highest BCUT2D eigenvalue weighted by atomic mass is 19.1. The van der Waals surface area contributed by atoms with E-state index in [4.69, 9.17) is 0 Å². The normalized spacial score (nSPS) is 18.1. The van der Waals surface area contributed by atoms with E-state index in [9.17, 15) is 19.1 Å². The van der Waals surface area contributed by atoms with Gasteiger partial charge in [0.15, 0.2) is 0 Å². The van der Waals surface area contributed by atoms with E-state index in [-0.39, 0.29) is 5.56 Å². The number of carboxylic acid groups (broad SMARTS) is 1. The fourth-order valence-corrected chi connectivity index (χ4v) is 2.55. The van der Waals surface area contributed by atoms with E-state index in [2.05, 4.69) is 10.3 Å². The van der Waals surface area contributed by atoms with Gasteiger partial charge in [-0.3, -0.25) is 9.78 Å². The molecule has 5 nitrogen and oxygen atoms in total. The molecule has 0 aliphatic heterocycles. The van der Waals surface area contributed by atoms with Crippen LogP contribution in [0.4, 0.5) is 4.39 Å². The van der Waals surface area contributed by atoms with E-state index >= 15 is 0 Å². The van der Waals surface area contributed by atoms with Crippen LogP contribution in [-0.2, 0) is 4.79 Å². The molecule has 1 fully saturated rings. The maximum Gasteiger partial charge on any atom is 0.329 e. The van der Waals surface area contributed by atoms with Crippen LogP contribution in [-0.4, -0.2) is 27.5 Å². The molecule has 2 rings (SSSR count). The van der Waals surface area contributed by atoms with Gasteiger partial charge in [0, 0.05) is 6.20 Å². The van der Waals surface area contributed by atoms with Crippen molar-refractivity contribution in [1.82, 2.24) is 10.3 Å². The molecule has 1 aromatic heterocycles. The number of hydrogen-bond donors (Lipinski definition) is 2. The molecule has 0 atom stereocenters. The van der Waals surface area contributed by atoms with E-state index in [0.717, 1.165) is 37.9 Å². The standard InChI is InChI=1S/C14H17FN2O3/c15-11-7-10(8-16-9-11)12(18)17-14(13(19)20)5-3-1-2-4-6-14/h7-9H,1-6H2,(H,17,18)(H,19,20). The molecule has 1 heterocycles. The molecule has 1 aliphatic carbocycles. The Kier molecular flexibility index (Phi) is 4.32. The molecule has 1 aromatic rings. The van der Waals surface area contributed by atoms with Gasteiger partial charge in [-0.05, 0) is 18.9 Å². The number of halogens is 1. The van der Waals surface area contributed by atoms with E-state index in [1.165, 1.54) is 6.20 Å². The van der Waals surface area contributed by atoms with E-state index in [1.807, 2.05) is 0 Å². The highest BCUT2D eigenvalue weighted by Gasteiger charge is 2.40. The zero-order valence-electron chi connectivity index (χ0n) is 11.1. The summed E-state index contributed by atoms with van der Waals surface area (Å²) >= 11 is 0. The van der Waals surface area contributed by atoms with E-state index in [0.29, 0.717) is 12.8 Å². The Morgan fingerprint density at radius 3 is 2.40 bits per heavy atom. The van der Waals surface area contributed by atoms with Gasteiger partial charge in [-0.25, -0.2) is 9.18 Å². The Balaban J connectivity index is 2.19. The third-order valence-corrected chi connectivity index (χ3v) is 3.69. The van der Waals surface area contributed by atoms with Gasteiger partial charge in [-0.2, -0.15) is 0 Å². The highest BCUT2D eigenvalue weighted by Crippen LogP contribution is 2.27. The molecule has 0 saturated heterocycles. The van der Waals surface area contributed by atoms with Crippen molar-refractivity contribution in [2.75, 3.05) is 0 Å². The topological polar surface area (TPSA) is 79.3 Å². The van der Waals surface area contributed by atoms with Crippen LogP contribution in [0.2, 0.25) is 0 Å². The van der Waals surface area contributed by atoms with Crippen LogP contribution in [0.5, 0.6) is 0 Å².